The molecule has 1 aromatic heterocycles. The van der Waals surface area contributed by atoms with Crippen LogP contribution < -0.4 is 15.3 Å². The molecule has 1 saturated heterocycles. The second-order valence-corrected chi connectivity index (χ2v) is 4.30. The van der Waals surface area contributed by atoms with Crippen molar-refractivity contribution in [3.63, 3.8) is 0 Å². The van der Waals surface area contributed by atoms with Crippen LogP contribution in [0.4, 0.5) is 10.6 Å². The summed E-state index contributed by atoms with van der Waals surface area (Å²) in [4.78, 5) is 24.3. The first-order valence-corrected chi connectivity index (χ1v) is 6.66. The van der Waals surface area contributed by atoms with Crippen molar-refractivity contribution < 1.29 is 30.0 Å². The Morgan fingerprint density at radius 3 is 2.67 bits per heavy atom. The first-order valence-electron chi connectivity index (χ1n) is 6.66. The zero-order valence-electron chi connectivity index (χ0n) is 12.2. The van der Waals surface area contributed by atoms with Crippen LogP contribution in [-0.4, -0.2) is 23.6 Å². The number of aryl methyl sites for hydroxylation is 1. The summed E-state index contributed by atoms with van der Waals surface area (Å²) in [5.41, 5.74) is 1.85. The van der Waals surface area contributed by atoms with Gasteiger partial charge in [0.2, 0.25) is 5.91 Å². The van der Waals surface area contributed by atoms with Crippen LogP contribution in [0, 0.1) is 6.92 Å². The molecule has 0 aliphatic carbocycles. The number of nitrogens with zero attached hydrogens (tertiary/aromatic N) is 3. The predicted octanol–water partition coefficient (Wildman–Crippen LogP) is 1.97. The number of hydrogen-bond donors (Lipinski definition) is 1. The molecule has 21 heavy (non-hydrogen) atoms. The molecule has 1 N–H and O–H groups in total. The number of amides is 3. The standard InChI is InChI=1S/C12H12N4O2.C2H6.Re/c1-7-2-3-8-9(6-7)14-15-11(8)16-5-4-10(17)13-12(16)18;1-2;/h2-3,6H,4-5H2,1H3,(H2,13,14,15,17,18);1-2H3;/p-1. The molecule has 0 atom stereocenters. The van der Waals surface area contributed by atoms with Gasteiger partial charge in [0, 0.05) is 38.8 Å². The molecular weight excluding hydrogens is 442 g/mol. The van der Waals surface area contributed by atoms with Gasteiger partial charge in [-0.25, -0.2) is 4.79 Å². The van der Waals surface area contributed by atoms with Crippen LogP contribution in [0.25, 0.3) is 10.9 Å². The summed E-state index contributed by atoms with van der Waals surface area (Å²) in [6, 6.07) is 5.32. The number of anilines is 1. The fourth-order valence-corrected chi connectivity index (χ4v) is 2.03. The molecule has 0 saturated carbocycles. The van der Waals surface area contributed by atoms with Crippen LogP contribution in [0.3, 0.4) is 0 Å². The zero-order chi connectivity index (χ0) is 14.7. The van der Waals surface area contributed by atoms with Gasteiger partial charge in [-0.3, -0.25) is 15.0 Å². The minimum absolute atomic E-state index is 0. The Morgan fingerprint density at radius 1 is 1.29 bits per heavy atom. The molecule has 1 aliphatic rings. The summed E-state index contributed by atoms with van der Waals surface area (Å²) in [5.74, 6) is 0.255. The number of imide groups is 1. The number of hydrogen-bond acceptors (Lipinski definition) is 3. The van der Waals surface area contributed by atoms with Crippen LogP contribution in [-0.2, 0) is 25.2 Å². The fourth-order valence-electron chi connectivity index (χ4n) is 2.03. The predicted molar refractivity (Wildman–Crippen MR) is 76.6 cm³/mol. The normalized spacial score (nSPS) is 14.1. The Morgan fingerprint density at radius 2 is 2.00 bits per heavy atom. The maximum atomic E-state index is 11.7. The first-order chi connectivity index (χ1) is 9.65. The molecule has 1 radical (unpaired) electrons. The van der Waals surface area contributed by atoms with Crippen molar-refractivity contribution in [2.45, 2.75) is 27.2 Å². The van der Waals surface area contributed by atoms with Crippen molar-refractivity contribution in [3.05, 3.63) is 23.8 Å². The van der Waals surface area contributed by atoms with Crippen molar-refractivity contribution in [1.29, 1.82) is 0 Å². The number of urea groups is 1. The Balaban J connectivity index is 0.000000706. The largest absolute Gasteiger partial charge is 0.573 e. The Hall–Kier alpha value is -1.71. The summed E-state index contributed by atoms with van der Waals surface area (Å²) in [7, 11) is 0. The SMILES string of the molecule is CC.Cc1ccc2c(N3CCC(=O)NC3=O)n[n-]c2c1.[Re]. The number of fused-ring (bicyclic) bond motifs is 1. The van der Waals surface area contributed by atoms with Crippen LogP contribution in [0.5, 0.6) is 0 Å². The monoisotopic (exact) mass is 460 g/mol. The van der Waals surface area contributed by atoms with Crippen molar-refractivity contribution in [2.24, 2.45) is 0 Å². The maximum Gasteiger partial charge on any atom is 0.329 e. The molecule has 1 aromatic carbocycles. The first kappa shape index (κ1) is 17.3. The molecular formula is C14H17N4O2Re-. The van der Waals surface area contributed by atoms with Gasteiger partial charge >= 0.3 is 6.03 Å². The molecule has 1 fully saturated rings. The second-order valence-electron chi connectivity index (χ2n) is 4.30. The van der Waals surface area contributed by atoms with Crippen molar-refractivity contribution in [3.8, 4) is 0 Å². The second kappa shape index (κ2) is 7.34. The summed E-state index contributed by atoms with van der Waals surface area (Å²) in [6.45, 7) is 6.31. The van der Waals surface area contributed by atoms with Crippen molar-refractivity contribution in [2.75, 3.05) is 11.4 Å². The van der Waals surface area contributed by atoms with E-state index in [1.165, 1.54) is 4.90 Å². The minimum Gasteiger partial charge on any atom is -0.573 e. The van der Waals surface area contributed by atoms with Crippen molar-refractivity contribution >= 4 is 28.7 Å². The topological polar surface area (TPSA) is 76.4 Å². The van der Waals surface area contributed by atoms with E-state index in [9.17, 15) is 9.59 Å². The molecule has 3 amide bonds. The molecule has 0 bridgehead atoms. The number of benzene rings is 1. The quantitative estimate of drug-likeness (QED) is 0.708. The van der Waals surface area contributed by atoms with E-state index in [1.54, 1.807) is 0 Å². The van der Waals surface area contributed by atoms with Gasteiger partial charge in [0.15, 0.2) is 0 Å². The third-order valence-electron chi connectivity index (χ3n) is 2.96. The molecule has 1 aliphatic heterocycles. The number of carbonyl (C=O) groups is 2. The summed E-state index contributed by atoms with van der Waals surface area (Å²) in [6.07, 6.45) is 0.284. The van der Waals surface area contributed by atoms with E-state index < -0.39 is 6.03 Å². The van der Waals surface area contributed by atoms with Gasteiger partial charge in [0.05, 0.1) is 0 Å². The van der Waals surface area contributed by atoms with Gasteiger partial charge in [-0.05, 0) is 6.92 Å². The van der Waals surface area contributed by atoms with Gasteiger partial charge in [-0.2, -0.15) is 0 Å². The Kier molecular flexibility index (Phi) is 6.06. The molecule has 3 rings (SSSR count). The number of aromatic nitrogens is 2. The molecule has 113 valence electrons. The smallest absolute Gasteiger partial charge is 0.329 e. The van der Waals surface area contributed by atoms with Crippen LogP contribution in [0.1, 0.15) is 25.8 Å². The molecule has 0 spiro atoms. The Labute approximate surface area is 136 Å². The molecule has 6 nitrogen and oxygen atoms in total. The molecule has 7 heteroatoms. The van der Waals surface area contributed by atoms with E-state index in [1.807, 2.05) is 39.0 Å². The van der Waals surface area contributed by atoms with Crippen LogP contribution in [0.2, 0.25) is 0 Å². The van der Waals surface area contributed by atoms with E-state index in [-0.39, 0.29) is 32.8 Å². The summed E-state index contributed by atoms with van der Waals surface area (Å²) >= 11 is 0. The van der Waals surface area contributed by atoms with Crippen LogP contribution in [0.15, 0.2) is 18.2 Å². The van der Waals surface area contributed by atoms with Gasteiger partial charge in [-0.15, -0.1) is 5.52 Å². The molecule has 2 heterocycles. The average molecular weight is 460 g/mol. The maximum absolute atomic E-state index is 11.7. The van der Waals surface area contributed by atoms with E-state index in [2.05, 4.69) is 15.5 Å². The Bertz CT molecular complexity index is 653. The number of rotatable bonds is 1. The average Bonchev–Trinajstić information content (AvgIpc) is 2.84. The third kappa shape index (κ3) is 3.49. The minimum atomic E-state index is -0.436. The van der Waals surface area contributed by atoms with Crippen LogP contribution >= 0.6 is 0 Å². The molecule has 0 unspecified atom stereocenters. The summed E-state index contributed by atoms with van der Waals surface area (Å²) < 4.78 is 0. The molecule has 2 aromatic rings. The van der Waals surface area contributed by atoms with E-state index in [0.717, 1.165) is 16.5 Å². The van der Waals surface area contributed by atoms with Gasteiger partial charge in [0.1, 0.15) is 5.82 Å². The fraction of sp³-hybridized carbons (Fsp3) is 0.357. The van der Waals surface area contributed by atoms with Gasteiger partial charge < -0.3 is 10.2 Å². The van der Waals surface area contributed by atoms with Gasteiger partial charge in [0.25, 0.3) is 0 Å². The van der Waals surface area contributed by atoms with E-state index in [4.69, 9.17) is 0 Å². The third-order valence-corrected chi connectivity index (χ3v) is 2.96. The van der Waals surface area contributed by atoms with Gasteiger partial charge in [-0.1, -0.05) is 37.6 Å². The van der Waals surface area contributed by atoms with E-state index in [0.29, 0.717) is 12.4 Å². The summed E-state index contributed by atoms with van der Waals surface area (Å²) in [5, 5.41) is 11.2. The number of nitrogens with one attached hydrogen (secondary N) is 1. The van der Waals surface area contributed by atoms with Crippen molar-refractivity contribution in [1.82, 2.24) is 15.5 Å². The van der Waals surface area contributed by atoms with E-state index >= 15 is 0 Å². The zero-order valence-corrected chi connectivity index (χ0v) is 14.9. The number of carbonyl (C=O) groups excluding carboxylic acids is 2.